The highest BCUT2D eigenvalue weighted by molar-refractivity contribution is 6.29. The lowest BCUT2D eigenvalue weighted by Gasteiger charge is -2.22. The van der Waals surface area contributed by atoms with E-state index in [1.807, 2.05) is 0 Å². The maximum absolute atomic E-state index is 13.2. The second-order valence-electron chi connectivity index (χ2n) is 8.53. The van der Waals surface area contributed by atoms with Gasteiger partial charge in [-0.15, -0.1) is 0 Å². The lowest BCUT2D eigenvalue weighted by atomic mass is 10.1. The van der Waals surface area contributed by atoms with Crippen molar-refractivity contribution in [3.05, 3.63) is 47.2 Å². The van der Waals surface area contributed by atoms with E-state index >= 15 is 0 Å². The van der Waals surface area contributed by atoms with Crippen LogP contribution in [0.1, 0.15) is 30.3 Å². The number of primary amides is 1. The number of carbonyl (C=O) groups is 4. The number of nitrogens with two attached hydrogens (primary N) is 2. The molecule has 188 valence electrons. The van der Waals surface area contributed by atoms with Crippen LogP contribution in [0.3, 0.4) is 0 Å². The van der Waals surface area contributed by atoms with Crippen molar-refractivity contribution in [3.8, 4) is 0 Å². The van der Waals surface area contributed by atoms with Gasteiger partial charge in [-0.3, -0.25) is 23.9 Å². The standard InChI is InChI=1S/C23H25ClN8O4/c1-12(25)23(36)27-13-5-8-16-15(9-13)21(22(26)35)30-32(16)11-20(34)31(14-6-7-14)10-19(33)29-18-4-2-3-17(24)28-18/h2-5,8-9,12,14H,6-7,10-11,25H2,1H3,(H2,26,35)(H,27,36)(H,28,29,33). The molecular weight excluding hydrogens is 488 g/mol. The predicted octanol–water partition coefficient (Wildman–Crippen LogP) is 1.10. The van der Waals surface area contributed by atoms with Crippen molar-refractivity contribution >= 4 is 57.6 Å². The van der Waals surface area contributed by atoms with Crippen LogP contribution >= 0.6 is 11.6 Å². The highest BCUT2D eigenvalue weighted by atomic mass is 35.5. The summed E-state index contributed by atoms with van der Waals surface area (Å²) < 4.78 is 1.36. The smallest absolute Gasteiger partial charge is 0.269 e. The van der Waals surface area contributed by atoms with Gasteiger partial charge in [0.15, 0.2) is 5.69 Å². The molecule has 1 unspecified atom stereocenters. The number of halogens is 1. The number of pyridine rings is 1. The average molecular weight is 513 g/mol. The minimum Gasteiger partial charge on any atom is -0.364 e. The van der Waals surface area contributed by atoms with Crippen molar-refractivity contribution < 1.29 is 19.2 Å². The maximum atomic E-state index is 13.2. The molecule has 0 radical (unpaired) electrons. The molecule has 0 saturated heterocycles. The van der Waals surface area contributed by atoms with Crippen LogP contribution in [0.25, 0.3) is 10.9 Å². The van der Waals surface area contributed by atoms with E-state index in [9.17, 15) is 19.2 Å². The molecule has 36 heavy (non-hydrogen) atoms. The molecule has 1 saturated carbocycles. The van der Waals surface area contributed by atoms with Crippen molar-refractivity contribution in [2.24, 2.45) is 11.5 Å². The van der Waals surface area contributed by atoms with Crippen molar-refractivity contribution in [1.82, 2.24) is 19.7 Å². The van der Waals surface area contributed by atoms with E-state index in [-0.39, 0.29) is 41.7 Å². The van der Waals surface area contributed by atoms with E-state index in [2.05, 4.69) is 20.7 Å². The van der Waals surface area contributed by atoms with Gasteiger partial charge in [-0.25, -0.2) is 4.98 Å². The van der Waals surface area contributed by atoms with Crippen LogP contribution in [-0.4, -0.2) is 61.9 Å². The van der Waals surface area contributed by atoms with Gasteiger partial charge in [0.25, 0.3) is 5.91 Å². The third kappa shape index (κ3) is 5.78. The minimum atomic E-state index is -0.783. The molecule has 12 nitrogen and oxygen atoms in total. The molecule has 1 aromatic carbocycles. The van der Waals surface area contributed by atoms with Gasteiger partial charge in [0, 0.05) is 17.1 Å². The molecule has 1 fully saturated rings. The first kappa shape index (κ1) is 25.1. The highest BCUT2D eigenvalue weighted by Gasteiger charge is 2.34. The molecule has 2 heterocycles. The van der Waals surface area contributed by atoms with Crippen LogP contribution in [0, 0.1) is 0 Å². The number of rotatable bonds is 9. The fourth-order valence-corrected chi connectivity index (χ4v) is 3.82. The van der Waals surface area contributed by atoms with Gasteiger partial charge >= 0.3 is 0 Å². The third-order valence-corrected chi connectivity index (χ3v) is 5.77. The van der Waals surface area contributed by atoms with Crippen LogP contribution in [0.5, 0.6) is 0 Å². The fourth-order valence-electron chi connectivity index (χ4n) is 3.66. The number of hydrogen-bond acceptors (Lipinski definition) is 7. The van der Waals surface area contributed by atoms with E-state index in [1.54, 1.807) is 43.3 Å². The Kier molecular flexibility index (Phi) is 7.17. The van der Waals surface area contributed by atoms with Gasteiger partial charge < -0.3 is 27.0 Å². The second-order valence-corrected chi connectivity index (χ2v) is 8.91. The highest BCUT2D eigenvalue weighted by Crippen LogP contribution is 2.28. The number of carbonyl (C=O) groups excluding carboxylic acids is 4. The molecule has 0 bridgehead atoms. The van der Waals surface area contributed by atoms with Gasteiger partial charge in [-0.2, -0.15) is 5.10 Å². The van der Waals surface area contributed by atoms with Crippen LogP contribution < -0.4 is 22.1 Å². The molecule has 0 spiro atoms. The first-order chi connectivity index (χ1) is 17.1. The summed E-state index contributed by atoms with van der Waals surface area (Å²) in [5.41, 5.74) is 11.9. The Bertz CT molecular complexity index is 1350. The van der Waals surface area contributed by atoms with Crippen molar-refractivity contribution in [2.45, 2.75) is 38.4 Å². The predicted molar refractivity (Wildman–Crippen MR) is 133 cm³/mol. The molecule has 1 aliphatic carbocycles. The van der Waals surface area contributed by atoms with Crippen LogP contribution in [-0.2, 0) is 20.9 Å². The topological polar surface area (TPSA) is 178 Å². The molecule has 1 atom stereocenters. The van der Waals surface area contributed by atoms with Gasteiger partial charge in [0.2, 0.25) is 17.7 Å². The van der Waals surface area contributed by atoms with Crippen LogP contribution in [0.4, 0.5) is 11.5 Å². The SMILES string of the molecule is CC(N)C(=O)Nc1ccc2c(c1)c(C(N)=O)nn2CC(=O)N(CC(=O)Nc1cccc(Cl)n1)C1CC1. The summed E-state index contributed by atoms with van der Waals surface area (Å²) >= 11 is 5.86. The normalized spacial score (nSPS) is 13.8. The first-order valence-electron chi connectivity index (χ1n) is 11.2. The molecular formula is C23H25ClN8O4. The van der Waals surface area contributed by atoms with Crippen LogP contribution in [0.15, 0.2) is 36.4 Å². The molecule has 2 aromatic heterocycles. The molecule has 3 aromatic rings. The Balaban J connectivity index is 1.53. The van der Waals surface area contributed by atoms with Crippen molar-refractivity contribution in [2.75, 3.05) is 17.2 Å². The Morgan fingerprint density at radius 3 is 2.58 bits per heavy atom. The first-order valence-corrected chi connectivity index (χ1v) is 11.6. The Labute approximate surface area is 210 Å². The summed E-state index contributed by atoms with van der Waals surface area (Å²) in [6, 6.07) is 8.83. The summed E-state index contributed by atoms with van der Waals surface area (Å²) in [6.45, 7) is 1.16. The van der Waals surface area contributed by atoms with E-state index < -0.39 is 23.8 Å². The monoisotopic (exact) mass is 512 g/mol. The number of nitrogens with zero attached hydrogens (tertiary/aromatic N) is 4. The molecule has 6 N–H and O–H groups in total. The summed E-state index contributed by atoms with van der Waals surface area (Å²) in [7, 11) is 0. The molecule has 13 heteroatoms. The number of hydrogen-bond donors (Lipinski definition) is 4. The summed E-state index contributed by atoms with van der Waals surface area (Å²) in [4.78, 5) is 55.3. The zero-order valence-electron chi connectivity index (χ0n) is 19.4. The van der Waals surface area contributed by atoms with Crippen molar-refractivity contribution in [1.29, 1.82) is 0 Å². The second kappa shape index (κ2) is 10.3. The average Bonchev–Trinajstić information content (AvgIpc) is 3.59. The quantitative estimate of drug-likeness (QED) is 0.310. The minimum absolute atomic E-state index is 0.0440. The van der Waals surface area contributed by atoms with E-state index in [0.29, 0.717) is 16.6 Å². The third-order valence-electron chi connectivity index (χ3n) is 5.55. The molecule has 4 amide bonds. The Morgan fingerprint density at radius 1 is 1.19 bits per heavy atom. The molecule has 4 rings (SSSR count). The molecule has 1 aliphatic rings. The molecule has 0 aliphatic heterocycles. The number of aromatic nitrogens is 3. The van der Waals surface area contributed by atoms with E-state index in [4.69, 9.17) is 23.1 Å². The number of fused-ring (bicyclic) bond motifs is 1. The lowest BCUT2D eigenvalue weighted by molar-refractivity contribution is -0.135. The Morgan fingerprint density at radius 2 is 1.94 bits per heavy atom. The zero-order valence-corrected chi connectivity index (χ0v) is 20.2. The van der Waals surface area contributed by atoms with Gasteiger partial charge in [0.1, 0.15) is 24.1 Å². The number of benzene rings is 1. The van der Waals surface area contributed by atoms with Gasteiger partial charge in [-0.05, 0) is 50.1 Å². The van der Waals surface area contributed by atoms with Gasteiger partial charge in [0.05, 0.1) is 11.6 Å². The van der Waals surface area contributed by atoms with Gasteiger partial charge in [-0.1, -0.05) is 17.7 Å². The van der Waals surface area contributed by atoms with E-state index in [1.165, 1.54) is 9.58 Å². The number of amides is 4. The summed E-state index contributed by atoms with van der Waals surface area (Å²) in [6.07, 6.45) is 1.56. The zero-order chi connectivity index (χ0) is 26.0. The van der Waals surface area contributed by atoms with E-state index in [0.717, 1.165) is 12.8 Å². The van der Waals surface area contributed by atoms with Crippen molar-refractivity contribution in [3.63, 3.8) is 0 Å². The largest absolute Gasteiger partial charge is 0.364 e. The Hall–Kier alpha value is -4.03. The summed E-state index contributed by atoms with van der Waals surface area (Å²) in [5, 5.41) is 10.1. The number of anilines is 2. The fraction of sp³-hybridized carbons (Fsp3) is 0.304. The lowest BCUT2D eigenvalue weighted by Crippen LogP contribution is -2.41. The number of nitrogens with one attached hydrogen (secondary N) is 2. The maximum Gasteiger partial charge on any atom is 0.269 e. The van der Waals surface area contributed by atoms with Crippen LogP contribution in [0.2, 0.25) is 5.15 Å². The summed E-state index contributed by atoms with van der Waals surface area (Å²) in [5.74, 6) is -1.66.